The highest BCUT2D eigenvalue weighted by molar-refractivity contribution is 7.89. The van der Waals surface area contributed by atoms with Crippen LogP contribution < -0.4 is 5.32 Å². The maximum absolute atomic E-state index is 13.4. The molecule has 35 heavy (non-hydrogen) atoms. The predicted molar refractivity (Wildman–Crippen MR) is 124 cm³/mol. The highest BCUT2D eigenvalue weighted by Crippen LogP contribution is 2.36. The largest absolute Gasteiger partial charge is 0.385 e. The van der Waals surface area contributed by atoms with E-state index >= 15 is 0 Å². The van der Waals surface area contributed by atoms with Gasteiger partial charge in [-0.05, 0) is 36.6 Å². The molecule has 1 aliphatic heterocycles. The number of anilines is 1. The molecule has 1 heterocycles. The first-order chi connectivity index (χ1) is 16.5. The number of nitrogens with zero attached hydrogens (tertiary/aromatic N) is 1. The van der Waals surface area contributed by atoms with Gasteiger partial charge >= 0.3 is 0 Å². The van der Waals surface area contributed by atoms with Crippen molar-refractivity contribution in [3.05, 3.63) is 94.3 Å². The Balaban J connectivity index is 1.54. The number of nitrogens with one attached hydrogen (secondary N) is 1. The van der Waals surface area contributed by atoms with Gasteiger partial charge in [-0.3, -0.25) is 4.79 Å². The zero-order valence-corrected chi connectivity index (χ0v) is 19.7. The molecule has 184 valence electrons. The number of benzene rings is 3. The molecule has 0 aliphatic carbocycles. The summed E-state index contributed by atoms with van der Waals surface area (Å²) >= 11 is 6.15. The molecular weight excluding hydrogens is 505 g/mol. The SMILES string of the molecule is O=C(Nc1cc(F)c(F)c(F)c1)c1ccc(Cl)c(S(=O)(=O)N2CCC(O)(c3ccccc3)CC2)c1. The van der Waals surface area contributed by atoms with Crippen molar-refractivity contribution < 1.29 is 31.5 Å². The lowest BCUT2D eigenvalue weighted by Gasteiger charge is -2.38. The zero-order chi connectivity index (χ0) is 25.4. The number of carbonyl (C=O) groups excluding carboxylic acids is 1. The summed E-state index contributed by atoms with van der Waals surface area (Å²) in [5.41, 5.74) is -0.960. The van der Waals surface area contributed by atoms with E-state index in [-0.39, 0.29) is 47.1 Å². The van der Waals surface area contributed by atoms with Crippen LogP contribution in [-0.2, 0) is 15.6 Å². The fourth-order valence-corrected chi connectivity index (χ4v) is 5.89. The van der Waals surface area contributed by atoms with Gasteiger partial charge in [0.05, 0.1) is 10.6 Å². The van der Waals surface area contributed by atoms with Crippen molar-refractivity contribution in [1.82, 2.24) is 4.31 Å². The number of carbonyl (C=O) groups is 1. The van der Waals surface area contributed by atoms with Crippen LogP contribution in [0.3, 0.4) is 0 Å². The van der Waals surface area contributed by atoms with Crippen LogP contribution in [0.15, 0.2) is 65.6 Å². The fraction of sp³-hybridized carbons (Fsp3) is 0.208. The summed E-state index contributed by atoms with van der Waals surface area (Å²) in [5, 5.41) is 13.1. The third kappa shape index (κ3) is 5.06. The van der Waals surface area contributed by atoms with E-state index in [9.17, 15) is 31.5 Å². The first kappa shape index (κ1) is 25.2. The second kappa shape index (κ2) is 9.62. The molecule has 0 atom stereocenters. The molecule has 11 heteroatoms. The first-order valence-corrected chi connectivity index (χ1v) is 12.4. The van der Waals surface area contributed by atoms with Crippen molar-refractivity contribution in [3.8, 4) is 0 Å². The van der Waals surface area contributed by atoms with Crippen LogP contribution in [0.2, 0.25) is 5.02 Å². The van der Waals surface area contributed by atoms with Crippen molar-refractivity contribution in [1.29, 1.82) is 0 Å². The number of rotatable bonds is 5. The molecule has 1 aliphatic rings. The standard InChI is InChI=1S/C24H20ClF3N2O4S/c25-18-7-6-15(23(31)29-17-13-19(26)22(28)20(27)14-17)12-21(18)35(33,34)30-10-8-24(32,9-11-30)16-4-2-1-3-5-16/h1-7,12-14,32H,8-11H2,(H,29,31). The van der Waals surface area contributed by atoms with Gasteiger partial charge in [0, 0.05) is 36.5 Å². The highest BCUT2D eigenvalue weighted by Gasteiger charge is 2.39. The van der Waals surface area contributed by atoms with Gasteiger partial charge < -0.3 is 10.4 Å². The Hall–Kier alpha value is -2.92. The Bertz CT molecular complexity index is 1360. The summed E-state index contributed by atoms with van der Waals surface area (Å²) in [4.78, 5) is 12.3. The lowest BCUT2D eigenvalue weighted by Crippen LogP contribution is -2.45. The summed E-state index contributed by atoms with van der Waals surface area (Å²) in [6.45, 7) is 0.0449. The average molecular weight is 525 g/mol. The molecular formula is C24H20ClF3N2O4S. The second-order valence-corrected chi connectivity index (χ2v) is 10.5. The Morgan fingerprint density at radius 3 is 2.17 bits per heavy atom. The third-order valence-electron chi connectivity index (χ3n) is 5.91. The molecule has 6 nitrogen and oxygen atoms in total. The van der Waals surface area contributed by atoms with Crippen molar-refractivity contribution >= 4 is 33.2 Å². The fourth-order valence-electron chi connectivity index (χ4n) is 3.95. The Kier molecular flexibility index (Phi) is 6.92. The van der Waals surface area contributed by atoms with Crippen molar-refractivity contribution in [2.75, 3.05) is 18.4 Å². The highest BCUT2D eigenvalue weighted by atomic mass is 35.5. The van der Waals surface area contributed by atoms with Crippen LogP contribution in [0, 0.1) is 17.5 Å². The minimum atomic E-state index is -4.13. The maximum Gasteiger partial charge on any atom is 0.255 e. The van der Waals surface area contributed by atoms with Crippen LogP contribution in [0.1, 0.15) is 28.8 Å². The molecule has 0 radical (unpaired) electrons. The number of piperidine rings is 1. The molecule has 1 amide bonds. The summed E-state index contributed by atoms with van der Waals surface area (Å²) in [6.07, 6.45) is 0.325. The molecule has 1 saturated heterocycles. The lowest BCUT2D eigenvalue weighted by atomic mass is 9.85. The normalized spacial score (nSPS) is 16.1. The zero-order valence-electron chi connectivity index (χ0n) is 18.1. The van der Waals surface area contributed by atoms with E-state index in [4.69, 9.17) is 11.6 Å². The van der Waals surface area contributed by atoms with E-state index in [1.54, 1.807) is 24.3 Å². The Labute approximate surface area is 205 Å². The summed E-state index contributed by atoms with van der Waals surface area (Å²) in [7, 11) is -4.13. The van der Waals surface area contributed by atoms with Crippen molar-refractivity contribution in [3.63, 3.8) is 0 Å². The number of hydrogen-bond donors (Lipinski definition) is 2. The summed E-state index contributed by atoms with van der Waals surface area (Å²) < 4.78 is 67.8. The molecule has 0 bridgehead atoms. The molecule has 3 aromatic carbocycles. The molecule has 0 spiro atoms. The van der Waals surface area contributed by atoms with Gasteiger partial charge in [-0.15, -0.1) is 0 Å². The number of aliphatic hydroxyl groups is 1. The molecule has 0 unspecified atom stereocenters. The van der Waals surface area contributed by atoms with Crippen LogP contribution in [0.5, 0.6) is 0 Å². The summed E-state index contributed by atoms with van der Waals surface area (Å²) in [6, 6.07) is 13.7. The van der Waals surface area contributed by atoms with Gasteiger partial charge in [0.2, 0.25) is 10.0 Å². The number of halogens is 4. The van der Waals surface area contributed by atoms with Crippen molar-refractivity contribution in [2.45, 2.75) is 23.3 Å². The Morgan fingerprint density at radius 2 is 1.57 bits per heavy atom. The Morgan fingerprint density at radius 1 is 0.971 bits per heavy atom. The minimum absolute atomic E-state index is 0.0224. The van der Waals surface area contributed by atoms with Crippen LogP contribution in [0.25, 0.3) is 0 Å². The van der Waals surface area contributed by atoms with E-state index < -0.39 is 39.0 Å². The monoisotopic (exact) mass is 524 g/mol. The first-order valence-electron chi connectivity index (χ1n) is 10.5. The van der Waals surface area contributed by atoms with Gasteiger partial charge in [-0.25, -0.2) is 21.6 Å². The van der Waals surface area contributed by atoms with E-state index in [2.05, 4.69) is 5.32 Å². The van der Waals surface area contributed by atoms with E-state index in [0.29, 0.717) is 17.7 Å². The number of hydrogen-bond acceptors (Lipinski definition) is 4. The van der Waals surface area contributed by atoms with E-state index in [1.165, 1.54) is 16.4 Å². The van der Waals surface area contributed by atoms with Crippen LogP contribution in [0.4, 0.5) is 18.9 Å². The summed E-state index contributed by atoms with van der Waals surface area (Å²) in [5.74, 6) is -5.52. The molecule has 4 rings (SSSR count). The maximum atomic E-state index is 13.4. The molecule has 2 N–H and O–H groups in total. The molecule has 0 saturated carbocycles. The second-order valence-electron chi connectivity index (χ2n) is 8.15. The van der Waals surface area contributed by atoms with E-state index in [1.807, 2.05) is 6.07 Å². The van der Waals surface area contributed by atoms with Gasteiger partial charge in [0.15, 0.2) is 17.5 Å². The van der Waals surface area contributed by atoms with Crippen molar-refractivity contribution in [2.24, 2.45) is 0 Å². The van der Waals surface area contributed by atoms with Crippen LogP contribution >= 0.6 is 11.6 Å². The third-order valence-corrected chi connectivity index (χ3v) is 8.29. The average Bonchev–Trinajstić information content (AvgIpc) is 2.83. The molecule has 0 aromatic heterocycles. The number of amides is 1. The van der Waals surface area contributed by atoms with Gasteiger partial charge in [0.25, 0.3) is 5.91 Å². The number of sulfonamides is 1. The minimum Gasteiger partial charge on any atom is -0.385 e. The predicted octanol–water partition coefficient (Wildman–Crippen LogP) is 4.68. The lowest BCUT2D eigenvalue weighted by molar-refractivity contribution is -0.00961. The molecule has 1 fully saturated rings. The molecule has 3 aromatic rings. The van der Waals surface area contributed by atoms with Gasteiger partial charge in [-0.1, -0.05) is 41.9 Å². The topological polar surface area (TPSA) is 86.7 Å². The quantitative estimate of drug-likeness (QED) is 0.474. The van der Waals surface area contributed by atoms with Gasteiger partial charge in [0.1, 0.15) is 4.90 Å². The van der Waals surface area contributed by atoms with Crippen LogP contribution in [-0.4, -0.2) is 36.8 Å². The van der Waals surface area contributed by atoms with Gasteiger partial charge in [-0.2, -0.15) is 4.31 Å². The smallest absolute Gasteiger partial charge is 0.255 e. The van der Waals surface area contributed by atoms with E-state index in [0.717, 1.165) is 6.07 Å².